The van der Waals surface area contributed by atoms with Crippen LogP contribution in [0.2, 0.25) is 0 Å². The maximum Gasteiger partial charge on any atom is 0.175 e. The van der Waals surface area contributed by atoms with Crippen molar-refractivity contribution in [3.63, 3.8) is 0 Å². The van der Waals surface area contributed by atoms with Crippen molar-refractivity contribution in [1.82, 2.24) is 19.9 Å². The number of hydrogen-bond acceptors (Lipinski definition) is 8. The number of ether oxygens (including phenoxy) is 1. The van der Waals surface area contributed by atoms with Gasteiger partial charge in [-0.3, -0.25) is 0 Å². The summed E-state index contributed by atoms with van der Waals surface area (Å²) in [6, 6.07) is 11.1. The summed E-state index contributed by atoms with van der Waals surface area (Å²) < 4.78 is 30.6. The van der Waals surface area contributed by atoms with Gasteiger partial charge in [-0.2, -0.15) is 0 Å². The predicted molar refractivity (Wildman–Crippen MR) is 139 cm³/mol. The second-order valence-electron chi connectivity index (χ2n) is 8.71. The number of hydrogen-bond donors (Lipinski definition) is 1. The van der Waals surface area contributed by atoms with E-state index in [1.165, 1.54) is 6.26 Å². The number of benzene rings is 1. The number of aromatic nitrogens is 4. The van der Waals surface area contributed by atoms with E-state index in [2.05, 4.69) is 27.2 Å². The first-order chi connectivity index (χ1) is 16.9. The third-order valence-electron chi connectivity index (χ3n) is 6.33. The van der Waals surface area contributed by atoms with Gasteiger partial charge in [0.25, 0.3) is 0 Å². The van der Waals surface area contributed by atoms with Gasteiger partial charge in [0, 0.05) is 47.1 Å². The Morgan fingerprint density at radius 3 is 2.71 bits per heavy atom. The van der Waals surface area contributed by atoms with Crippen molar-refractivity contribution in [1.29, 1.82) is 0 Å². The van der Waals surface area contributed by atoms with Crippen LogP contribution in [0.3, 0.4) is 0 Å². The smallest absolute Gasteiger partial charge is 0.175 e. The lowest BCUT2D eigenvalue weighted by Crippen LogP contribution is -2.44. The number of morpholine rings is 1. The molecule has 1 atom stereocenters. The van der Waals surface area contributed by atoms with Crippen LogP contribution in [0.4, 0.5) is 5.82 Å². The Balaban J connectivity index is 1.58. The highest BCUT2D eigenvalue weighted by atomic mass is 32.2. The molecule has 4 aromatic heterocycles. The summed E-state index contributed by atoms with van der Waals surface area (Å²) in [7, 11) is -3.27. The first kappa shape index (κ1) is 22.1. The molecular weight excluding hydrogens is 482 g/mol. The van der Waals surface area contributed by atoms with Gasteiger partial charge in [0.1, 0.15) is 5.65 Å². The molecule has 1 fully saturated rings. The first-order valence-corrected chi connectivity index (χ1v) is 14.0. The highest BCUT2D eigenvalue weighted by Crippen LogP contribution is 2.40. The van der Waals surface area contributed by atoms with Crippen LogP contribution in [0.25, 0.3) is 43.8 Å². The first-order valence-electron chi connectivity index (χ1n) is 11.3. The fourth-order valence-corrected chi connectivity index (χ4v) is 6.15. The van der Waals surface area contributed by atoms with Gasteiger partial charge in [0.15, 0.2) is 21.5 Å². The molecule has 8 nitrogen and oxygen atoms in total. The molecule has 0 spiro atoms. The molecule has 0 bridgehead atoms. The summed E-state index contributed by atoms with van der Waals surface area (Å²) in [5.74, 6) is 1.52. The molecule has 1 N–H and O–H groups in total. The minimum atomic E-state index is -3.27. The summed E-state index contributed by atoms with van der Waals surface area (Å²) >= 11 is 1.61. The fraction of sp³-hybridized carbons (Fsp3) is 0.240. The van der Waals surface area contributed by atoms with Gasteiger partial charge in [0.2, 0.25) is 0 Å². The van der Waals surface area contributed by atoms with E-state index >= 15 is 0 Å². The van der Waals surface area contributed by atoms with Crippen molar-refractivity contribution in [2.75, 3.05) is 30.9 Å². The molecule has 0 amide bonds. The number of sulfone groups is 1. The second-order valence-corrected chi connectivity index (χ2v) is 11.6. The molecule has 1 saturated heterocycles. The van der Waals surface area contributed by atoms with Crippen molar-refractivity contribution < 1.29 is 13.2 Å². The minimum absolute atomic E-state index is 0.180. The number of thiophene rings is 1. The summed E-state index contributed by atoms with van der Waals surface area (Å²) in [6.07, 6.45) is 4.84. The highest BCUT2D eigenvalue weighted by Gasteiger charge is 2.26. The Morgan fingerprint density at radius 1 is 1.11 bits per heavy atom. The molecule has 0 radical (unpaired) electrons. The van der Waals surface area contributed by atoms with Crippen LogP contribution < -0.4 is 4.90 Å². The van der Waals surface area contributed by atoms with Crippen LogP contribution in [-0.4, -0.2) is 60.4 Å². The summed E-state index contributed by atoms with van der Waals surface area (Å²) in [5, 5.41) is 3.04. The van der Waals surface area contributed by atoms with Crippen molar-refractivity contribution >= 4 is 48.2 Å². The number of pyridine rings is 1. The van der Waals surface area contributed by atoms with E-state index in [1.807, 2.05) is 30.5 Å². The number of fused-ring (bicyclic) bond motifs is 2. The number of H-pyrrole nitrogens is 1. The number of rotatable bonds is 4. The van der Waals surface area contributed by atoms with E-state index < -0.39 is 9.84 Å². The lowest BCUT2D eigenvalue weighted by molar-refractivity contribution is 0.0987. The molecule has 6 rings (SSSR count). The van der Waals surface area contributed by atoms with Crippen LogP contribution in [0, 0.1) is 0 Å². The van der Waals surface area contributed by atoms with E-state index in [0.29, 0.717) is 23.9 Å². The molecule has 5 aromatic rings. The van der Waals surface area contributed by atoms with Gasteiger partial charge in [0.05, 0.1) is 34.4 Å². The lowest BCUT2D eigenvalue weighted by atomic mass is 10.1. The summed E-state index contributed by atoms with van der Waals surface area (Å²) in [5.41, 5.74) is 4.41. The van der Waals surface area contributed by atoms with Crippen LogP contribution in [0.15, 0.2) is 59.1 Å². The van der Waals surface area contributed by atoms with Crippen LogP contribution in [-0.2, 0) is 14.6 Å². The number of anilines is 1. The lowest BCUT2D eigenvalue weighted by Gasteiger charge is -2.34. The average molecular weight is 506 g/mol. The molecular formula is C25H23N5O3S2. The monoisotopic (exact) mass is 505 g/mol. The van der Waals surface area contributed by atoms with Crippen LogP contribution in [0.1, 0.15) is 6.92 Å². The predicted octanol–water partition coefficient (Wildman–Crippen LogP) is 4.53. The van der Waals surface area contributed by atoms with E-state index in [4.69, 9.17) is 14.7 Å². The van der Waals surface area contributed by atoms with Gasteiger partial charge in [-0.15, -0.1) is 11.3 Å². The van der Waals surface area contributed by atoms with Crippen molar-refractivity contribution in [2.24, 2.45) is 0 Å². The molecule has 1 aromatic carbocycles. The number of nitrogens with zero attached hydrogens (tertiary/aromatic N) is 4. The topological polar surface area (TPSA) is 101 Å². The Morgan fingerprint density at radius 2 is 1.94 bits per heavy atom. The molecule has 1 aliphatic rings. The maximum absolute atomic E-state index is 11.9. The molecule has 0 saturated carbocycles. The minimum Gasteiger partial charge on any atom is -0.377 e. The van der Waals surface area contributed by atoms with Crippen molar-refractivity contribution in [3.8, 4) is 22.5 Å². The molecule has 35 heavy (non-hydrogen) atoms. The highest BCUT2D eigenvalue weighted by molar-refractivity contribution is 7.90. The quantitative estimate of drug-likeness (QED) is 0.383. The maximum atomic E-state index is 11.9. The molecule has 0 unspecified atom stereocenters. The normalized spacial score (nSPS) is 16.9. The van der Waals surface area contributed by atoms with E-state index in [1.54, 1.807) is 29.7 Å². The zero-order valence-corrected chi connectivity index (χ0v) is 20.9. The average Bonchev–Trinajstić information content (AvgIpc) is 3.50. The molecule has 178 valence electrons. The van der Waals surface area contributed by atoms with E-state index in [-0.39, 0.29) is 6.04 Å². The van der Waals surface area contributed by atoms with E-state index in [9.17, 15) is 8.42 Å². The van der Waals surface area contributed by atoms with Gasteiger partial charge in [-0.05, 0) is 36.8 Å². The Hall–Kier alpha value is -3.34. The number of nitrogens with one attached hydrogen (secondary N) is 1. The Kier molecular flexibility index (Phi) is 5.32. The van der Waals surface area contributed by atoms with Crippen molar-refractivity contribution in [3.05, 3.63) is 54.2 Å². The third kappa shape index (κ3) is 3.87. The summed E-state index contributed by atoms with van der Waals surface area (Å²) in [4.78, 5) is 20.3. The molecule has 1 aliphatic heterocycles. The third-order valence-corrected chi connectivity index (χ3v) is 8.43. The largest absolute Gasteiger partial charge is 0.377 e. The summed E-state index contributed by atoms with van der Waals surface area (Å²) in [6.45, 7) is 4.18. The van der Waals surface area contributed by atoms with Gasteiger partial charge >= 0.3 is 0 Å². The van der Waals surface area contributed by atoms with Gasteiger partial charge in [-0.25, -0.2) is 23.4 Å². The molecule has 0 aliphatic carbocycles. The standard InChI is InChI=1S/C25H23N5O3S2/c1-15-13-33-12-11-30(15)25-22-21(20(14-34-22)16-3-5-17(6-4-16)35(2,31)32)28-24(29-25)19-8-10-27-23-18(19)7-9-26-23/h3-10,14-15H,11-13H2,1-2H3,(H,26,27)/t15-/m1/s1. The zero-order chi connectivity index (χ0) is 24.2. The van der Waals surface area contributed by atoms with Crippen LogP contribution >= 0.6 is 11.3 Å². The van der Waals surface area contributed by atoms with E-state index in [0.717, 1.165) is 50.3 Å². The zero-order valence-electron chi connectivity index (χ0n) is 19.2. The Bertz CT molecular complexity index is 1660. The molecule has 10 heteroatoms. The SMILES string of the molecule is C[C@@H]1COCCN1c1nc(-c2ccnc3[nH]ccc23)nc2c(-c3ccc(S(C)(=O)=O)cc3)csc12. The van der Waals surface area contributed by atoms with Gasteiger partial charge < -0.3 is 14.6 Å². The molecule has 5 heterocycles. The number of aromatic amines is 1. The second kappa shape index (κ2) is 8.40. The van der Waals surface area contributed by atoms with Gasteiger partial charge in [-0.1, -0.05) is 12.1 Å². The van der Waals surface area contributed by atoms with Crippen molar-refractivity contribution in [2.45, 2.75) is 17.9 Å². The van der Waals surface area contributed by atoms with Crippen LogP contribution in [0.5, 0.6) is 0 Å². The fourth-order valence-electron chi connectivity index (χ4n) is 4.50. The Labute approximate surface area is 206 Å².